The molecule has 0 atom stereocenters. The molecule has 2 fully saturated rings. The van der Waals surface area contributed by atoms with Crippen molar-refractivity contribution in [3.63, 3.8) is 0 Å². The number of carbonyl (C=O) groups excluding carboxylic acids is 2. The highest BCUT2D eigenvalue weighted by Gasteiger charge is 2.52. The lowest BCUT2D eigenvalue weighted by Crippen LogP contribution is -2.44. The number of hydrogen-bond acceptors (Lipinski definition) is 6. The summed E-state index contributed by atoms with van der Waals surface area (Å²) in [5.74, 6) is 0.514. The Labute approximate surface area is 142 Å². The number of nitrogens with one attached hydrogen (secondary N) is 2. The average Bonchev–Trinajstić information content (AvgIpc) is 3.30. The molecule has 0 radical (unpaired) electrons. The molecule has 0 bridgehead atoms. The largest absolute Gasteiger partial charge is 0.339 e. The van der Waals surface area contributed by atoms with Crippen molar-refractivity contribution in [2.45, 2.75) is 37.6 Å². The van der Waals surface area contributed by atoms with Crippen molar-refractivity contribution in [3.8, 4) is 11.4 Å². The fourth-order valence-electron chi connectivity index (χ4n) is 3.43. The molecular formula is C16H17N5O4. The zero-order valence-electron chi connectivity index (χ0n) is 13.4. The normalized spacial score (nSPS) is 19.0. The topological polar surface area (TPSA) is 121 Å². The summed E-state index contributed by atoms with van der Waals surface area (Å²) < 4.78 is 5.17. The van der Waals surface area contributed by atoms with Gasteiger partial charge in [0.1, 0.15) is 5.54 Å². The van der Waals surface area contributed by atoms with Crippen molar-refractivity contribution in [1.82, 2.24) is 25.3 Å². The van der Waals surface area contributed by atoms with Gasteiger partial charge < -0.3 is 14.8 Å². The van der Waals surface area contributed by atoms with Crippen LogP contribution in [-0.2, 0) is 11.2 Å². The summed E-state index contributed by atoms with van der Waals surface area (Å²) in [5.41, 5.74) is -0.297. The lowest BCUT2D eigenvalue weighted by molar-refractivity contribution is -0.131. The van der Waals surface area contributed by atoms with Crippen LogP contribution in [0.2, 0.25) is 0 Å². The lowest BCUT2D eigenvalue weighted by atomic mass is 9.98. The Kier molecular flexibility index (Phi) is 3.63. The lowest BCUT2D eigenvalue weighted by Gasteiger charge is -2.19. The number of amides is 3. The molecule has 2 aromatic rings. The smallest absolute Gasteiger partial charge is 0.325 e. The van der Waals surface area contributed by atoms with E-state index in [1.807, 2.05) is 0 Å². The van der Waals surface area contributed by atoms with Crippen LogP contribution in [0.3, 0.4) is 0 Å². The Morgan fingerprint density at radius 2 is 2.00 bits per heavy atom. The molecule has 2 aromatic heterocycles. The van der Waals surface area contributed by atoms with Crippen LogP contribution in [0, 0.1) is 0 Å². The van der Waals surface area contributed by atoms with Crippen LogP contribution in [0.4, 0.5) is 4.79 Å². The summed E-state index contributed by atoms with van der Waals surface area (Å²) in [6.45, 7) is 0.194. The van der Waals surface area contributed by atoms with Gasteiger partial charge in [-0.1, -0.05) is 18.0 Å². The predicted molar refractivity (Wildman–Crippen MR) is 85.5 cm³/mol. The third kappa shape index (κ3) is 2.71. The van der Waals surface area contributed by atoms with E-state index in [1.54, 1.807) is 6.07 Å². The number of rotatable bonds is 4. The van der Waals surface area contributed by atoms with Crippen molar-refractivity contribution in [1.29, 1.82) is 0 Å². The maximum Gasteiger partial charge on any atom is 0.325 e. The second-order valence-electron chi connectivity index (χ2n) is 6.38. The summed E-state index contributed by atoms with van der Waals surface area (Å²) in [5, 5.41) is 6.70. The average molecular weight is 343 g/mol. The molecule has 3 amide bonds. The number of pyridine rings is 1. The molecule has 3 heterocycles. The van der Waals surface area contributed by atoms with E-state index in [0.717, 1.165) is 12.8 Å². The van der Waals surface area contributed by atoms with Gasteiger partial charge in [-0.15, -0.1) is 0 Å². The quantitative estimate of drug-likeness (QED) is 0.793. The first kappa shape index (κ1) is 15.6. The van der Waals surface area contributed by atoms with Gasteiger partial charge in [0.25, 0.3) is 5.91 Å². The van der Waals surface area contributed by atoms with Gasteiger partial charge in [0.15, 0.2) is 0 Å². The first-order valence-corrected chi connectivity index (χ1v) is 8.23. The molecule has 25 heavy (non-hydrogen) atoms. The minimum absolute atomic E-state index is 0.157. The zero-order chi connectivity index (χ0) is 17.4. The maximum atomic E-state index is 12.6. The summed E-state index contributed by atoms with van der Waals surface area (Å²) >= 11 is 0. The number of urea groups is 1. The van der Waals surface area contributed by atoms with E-state index < -0.39 is 5.54 Å². The number of aromatic nitrogens is 3. The van der Waals surface area contributed by atoms with Crippen LogP contribution >= 0.6 is 0 Å². The predicted octanol–water partition coefficient (Wildman–Crippen LogP) is 0.832. The molecule has 1 spiro atoms. The number of carbonyl (C=O) groups is 2. The van der Waals surface area contributed by atoms with Gasteiger partial charge in [0, 0.05) is 30.8 Å². The highest BCUT2D eigenvalue weighted by atomic mass is 16.5. The summed E-state index contributed by atoms with van der Waals surface area (Å²) in [4.78, 5) is 43.8. The van der Waals surface area contributed by atoms with Crippen molar-refractivity contribution in [3.05, 3.63) is 34.6 Å². The number of hydrogen-bond donors (Lipinski definition) is 2. The molecule has 1 saturated carbocycles. The third-order valence-electron chi connectivity index (χ3n) is 4.76. The molecule has 1 saturated heterocycles. The van der Waals surface area contributed by atoms with Crippen LogP contribution in [0.15, 0.2) is 27.6 Å². The van der Waals surface area contributed by atoms with E-state index in [4.69, 9.17) is 4.52 Å². The fraction of sp³-hybridized carbons (Fsp3) is 0.438. The van der Waals surface area contributed by atoms with Crippen LogP contribution in [0.5, 0.6) is 0 Å². The molecule has 9 nitrogen and oxygen atoms in total. The van der Waals surface area contributed by atoms with Crippen LogP contribution in [-0.4, -0.2) is 44.0 Å². The molecule has 9 heteroatoms. The van der Waals surface area contributed by atoms with Crippen LogP contribution in [0.25, 0.3) is 11.4 Å². The molecule has 130 valence electrons. The fourth-order valence-corrected chi connectivity index (χ4v) is 3.43. The Morgan fingerprint density at radius 1 is 1.20 bits per heavy atom. The third-order valence-corrected chi connectivity index (χ3v) is 4.76. The summed E-state index contributed by atoms with van der Waals surface area (Å²) in [6, 6.07) is 2.61. The van der Waals surface area contributed by atoms with Gasteiger partial charge >= 0.3 is 6.03 Å². The highest BCUT2D eigenvalue weighted by molar-refractivity contribution is 6.07. The van der Waals surface area contributed by atoms with Crippen LogP contribution in [0.1, 0.15) is 31.6 Å². The van der Waals surface area contributed by atoms with E-state index in [0.29, 0.717) is 30.1 Å². The molecule has 0 aromatic carbocycles. The number of H-pyrrole nitrogens is 1. The first-order chi connectivity index (χ1) is 12.1. The molecule has 2 aliphatic rings. The van der Waals surface area contributed by atoms with Gasteiger partial charge in [0.05, 0.1) is 0 Å². The Balaban J connectivity index is 1.43. The first-order valence-electron chi connectivity index (χ1n) is 8.23. The van der Waals surface area contributed by atoms with Gasteiger partial charge in [-0.05, 0) is 18.9 Å². The Bertz CT molecular complexity index is 860. The molecular weight excluding hydrogens is 326 g/mol. The Morgan fingerprint density at radius 3 is 2.72 bits per heavy atom. The second kappa shape index (κ2) is 5.83. The van der Waals surface area contributed by atoms with Crippen molar-refractivity contribution in [2.24, 2.45) is 0 Å². The van der Waals surface area contributed by atoms with Crippen molar-refractivity contribution >= 4 is 11.9 Å². The summed E-state index contributed by atoms with van der Waals surface area (Å²) in [7, 11) is 0. The van der Waals surface area contributed by atoms with E-state index in [1.165, 1.54) is 17.2 Å². The van der Waals surface area contributed by atoms with Crippen molar-refractivity contribution < 1.29 is 14.1 Å². The highest BCUT2D eigenvalue weighted by Crippen LogP contribution is 2.35. The minimum Gasteiger partial charge on any atom is -0.339 e. The summed E-state index contributed by atoms with van der Waals surface area (Å²) in [6.07, 6.45) is 5.08. The Hall–Kier alpha value is -2.97. The van der Waals surface area contributed by atoms with E-state index in [2.05, 4.69) is 20.4 Å². The number of imide groups is 1. The number of aromatic amines is 1. The van der Waals surface area contributed by atoms with E-state index in [-0.39, 0.29) is 30.5 Å². The minimum atomic E-state index is -0.701. The zero-order valence-corrected chi connectivity index (χ0v) is 13.4. The monoisotopic (exact) mass is 343 g/mol. The van der Waals surface area contributed by atoms with Crippen molar-refractivity contribution in [2.75, 3.05) is 6.54 Å². The molecule has 4 rings (SSSR count). The molecule has 1 aliphatic heterocycles. The van der Waals surface area contributed by atoms with Crippen LogP contribution < -0.4 is 10.9 Å². The second-order valence-corrected chi connectivity index (χ2v) is 6.38. The molecule has 1 aliphatic carbocycles. The SMILES string of the molecule is O=C1NC2(CCCC2)C(=O)N1CCc1nc(-c2ccc(=O)[nH]c2)no1. The van der Waals surface area contributed by atoms with Gasteiger partial charge in [0.2, 0.25) is 17.3 Å². The molecule has 0 unspecified atom stereocenters. The standard InChI is InChI=1S/C16H17N5O4/c22-11-4-3-10(9-17-11)13-18-12(25-20-13)5-8-21-14(23)16(19-15(21)24)6-1-2-7-16/h3-4,9H,1-2,5-8H2,(H,17,22)(H,19,24). The van der Waals surface area contributed by atoms with Gasteiger partial charge in [-0.25, -0.2) is 4.79 Å². The van der Waals surface area contributed by atoms with E-state index >= 15 is 0 Å². The maximum absolute atomic E-state index is 12.6. The molecule has 2 N–H and O–H groups in total. The van der Waals surface area contributed by atoms with Gasteiger partial charge in [-0.2, -0.15) is 4.98 Å². The number of nitrogens with zero attached hydrogens (tertiary/aromatic N) is 3. The van der Waals surface area contributed by atoms with Gasteiger partial charge in [-0.3, -0.25) is 14.5 Å². The van der Waals surface area contributed by atoms with E-state index in [9.17, 15) is 14.4 Å².